The average molecular weight is 232 g/mol. The number of anilines is 1. The zero-order valence-corrected chi connectivity index (χ0v) is 9.33. The smallest absolute Gasteiger partial charge is 0.269 e. The fourth-order valence-corrected chi connectivity index (χ4v) is 1.59. The molecule has 6 heteroatoms. The summed E-state index contributed by atoms with van der Waals surface area (Å²) >= 11 is 0. The summed E-state index contributed by atoms with van der Waals surface area (Å²) in [5.41, 5.74) is 7.61. The van der Waals surface area contributed by atoms with Gasteiger partial charge in [0, 0.05) is 18.2 Å². The van der Waals surface area contributed by atoms with Crippen molar-refractivity contribution < 1.29 is 4.92 Å². The molecule has 0 amide bonds. The SMILES string of the molecule is Cc1cc(N)n(Cc2ccc([N+](=O)[O-])cc2)n1. The Morgan fingerprint density at radius 1 is 1.41 bits per heavy atom. The lowest BCUT2D eigenvalue weighted by molar-refractivity contribution is -0.384. The molecule has 0 fully saturated rings. The van der Waals surface area contributed by atoms with E-state index >= 15 is 0 Å². The minimum Gasteiger partial charge on any atom is -0.384 e. The van der Waals surface area contributed by atoms with E-state index in [0.717, 1.165) is 11.3 Å². The molecule has 1 aromatic heterocycles. The second-order valence-electron chi connectivity index (χ2n) is 3.79. The summed E-state index contributed by atoms with van der Waals surface area (Å²) in [4.78, 5) is 10.1. The molecule has 1 aromatic carbocycles. The number of aromatic nitrogens is 2. The maximum absolute atomic E-state index is 10.5. The summed E-state index contributed by atoms with van der Waals surface area (Å²) in [6, 6.07) is 8.14. The Morgan fingerprint density at radius 3 is 2.53 bits per heavy atom. The number of nitrogen functional groups attached to an aromatic ring is 1. The Bertz CT molecular complexity index is 545. The summed E-state index contributed by atoms with van der Waals surface area (Å²) in [6.07, 6.45) is 0. The Hall–Kier alpha value is -2.37. The summed E-state index contributed by atoms with van der Waals surface area (Å²) in [7, 11) is 0. The molecule has 2 rings (SSSR count). The van der Waals surface area contributed by atoms with Gasteiger partial charge in [0.2, 0.25) is 0 Å². The predicted octanol–water partition coefficient (Wildman–Crippen LogP) is 1.73. The van der Waals surface area contributed by atoms with Crippen molar-refractivity contribution in [1.82, 2.24) is 9.78 Å². The van der Waals surface area contributed by atoms with Crippen LogP contribution in [0.25, 0.3) is 0 Å². The zero-order valence-electron chi connectivity index (χ0n) is 9.33. The van der Waals surface area contributed by atoms with Crippen LogP contribution >= 0.6 is 0 Å². The topological polar surface area (TPSA) is 87.0 Å². The third-order valence-electron chi connectivity index (χ3n) is 2.41. The van der Waals surface area contributed by atoms with E-state index in [9.17, 15) is 10.1 Å². The highest BCUT2D eigenvalue weighted by molar-refractivity contribution is 5.35. The van der Waals surface area contributed by atoms with Gasteiger partial charge in [0.05, 0.1) is 17.2 Å². The second kappa shape index (κ2) is 4.25. The Balaban J connectivity index is 2.19. The van der Waals surface area contributed by atoms with Gasteiger partial charge in [0.15, 0.2) is 0 Å². The molecule has 1 heterocycles. The molecule has 0 bridgehead atoms. The minimum absolute atomic E-state index is 0.0818. The van der Waals surface area contributed by atoms with Gasteiger partial charge in [-0.25, -0.2) is 4.68 Å². The van der Waals surface area contributed by atoms with Crippen molar-refractivity contribution in [2.75, 3.05) is 5.73 Å². The second-order valence-corrected chi connectivity index (χ2v) is 3.79. The number of nitro benzene ring substituents is 1. The van der Waals surface area contributed by atoms with Crippen molar-refractivity contribution >= 4 is 11.5 Å². The number of non-ortho nitro benzene ring substituents is 1. The van der Waals surface area contributed by atoms with Gasteiger partial charge < -0.3 is 5.73 Å². The first kappa shape index (κ1) is 11.1. The number of nitrogens with zero attached hydrogens (tertiary/aromatic N) is 3. The standard InChI is InChI=1S/C11H12N4O2/c1-8-6-11(12)14(13-8)7-9-2-4-10(5-3-9)15(16)17/h2-6H,7,12H2,1H3. The molecule has 0 spiro atoms. The molecule has 0 unspecified atom stereocenters. The lowest BCUT2D eigenvalue weighted by Gasteiger charge is -2.03. The van der Waals surface area contributed by atoms with Gasteiger partial charge in [-0.15, -0.1) is 0 Å². The van der Waals surface area contributed by atoms with E-state index < -0.39 is 4.92 Å². The van der Waals surface area contributed by atoms with E-state index in [0.29, 0.717) is 12.4 Å². The van der Waals surface area contributed by atoms with Crippen molar-refractivity contribution in [3.05, 3.63) is 51.7 Å². The average Bonchev–Trinajstić information content (AvgIpc) is 2.58. The molecule has 0 saturated heterocycles. The summed E-state index contributed by atoms with van der Waals surface area (Å²) in [5.74, 6) is 0.584. The molecule has 0 atom stereocenters. The predicted molar refractivity (Wildman–Crippen MR) is 63.6 cm³/mol. The number of nitro groups is 1. The molecular formula is C11H12N4O2. The Kier molecular flexibility index (Phi) is 2.78. The van der Waals surface area contributed by atoms with Crippen molar-refractivity contribution in [2.24, 2.45) is 0 Å². The van der Waals surface area contributed by atoms with Gasteiger partial charge in [-0.05, 0) is 12.5 Å². The van der Waals surface area contributed by atoms with E-state index in [1.54, 1.807) is 22.9 Å². The summed E-state index contributed by atoms with van der Waals surface area (Å²) < 4.78 is 1.66. The van der Waals surface area contributed by atoms with Crippen LogP contribution in [0.1, 0.15) is 11.3 Å². The van der Waals surface area contributed by atoms with Gasteiger partial charge in [0.25, 0.3) is 5.69 Å². The first-order chi connectivity index (χ1) is 8.06. The van der Waals surface area contributed by atoms with Gasteiger partial charge in [0.1, 0.15) is 5.82 Å². The van der Waals surface area contributed by atoms with E-state index in [1.807, 2.05) is 6.92 Å². The van der Waals surface area contributed by atoms with Crippen LogP contribution in [0.4, 0.5) is 11.5 Å². The van der Waals surface area contributed by atoms with E-state index in [4.69, 9.17) is 5.73 Å². The van der Waals surface area contributed by atoms with Gasteiger partial charge >= 0.3 is 0 Å². The Labute approximate surface area is 97.8 Å². The van der Waals surface area contributed by atoms with Crippen LogP contribution in [0.15, 0.2) is 30.3 Å². The fraction of sp³-hybridized carbons (Fsp3) is 0.182. The molecule has 17 heavy (non-hydrogen) atoms. The minimum atomic E-state index is -0.420. The molecule has 0 saturated carbocycles. The fourth-order valence-electron chi connectivity index (χ4n) is 1.59. The van der Waals surface area contributed by atoms with Gasteiger partial charge in [-0.3, -0.25) is 10.1 Å². The van der Waals surface area contributed by atoms with Crippen LogP contribution in [0.3, 0.4) is 0 Å². The lowest BCUT2D eigenvalue weighted by atomic mass is 10.2. The van der Waals surface area contributed by atoms with E-state index in [1.165, 1.54) is 12.1 Å². The highest BCUT2D eigenvalue weighted by atomic mass is 16.6. The van der Waals surface area contributed by atoms with Crippen LogP contribution in [0.5, 0.6) is 0 Å². The van der Waals surface area contributed by atoms with E-state index in [2.05, 4.69) is 5.10 Å². The van der Waals surface area contributed by atoms with Crippen LogP contribution in [0, 0.1) is 17.0 Å². The number of aryl methyl sites for hydroxylation is 1. The first-order valence-electron chi connectivity index (χ1n) is 5.09. The highest BCUT2D eigenvalue weighted by Gasteiger charge is 2.06. The largest absolute Gasteiger partial charge is 0.384 e. The molecule has 6 nitrogen and oxygen atoms in total. The lowest BCUT2D eigenvalue weighted by Crippen LogP contribution is -2.05. The highest BCUT2D eigenvalue weighted by Crippen LogP contribution is 2.14. The molecular weight excluding hydrogens is 220 g/mol. The summed E-state index contributed by atoms with van der Waals surface area (Å²) in [6.45, 7) is 2.38. The van der Waals surface area contributed by atoms with Crippen LogP contribution < -0.4 is 5.73 Å². The maximum atomic E-state index is 10.5. The molecule has 2 aromatic rings. The maximum Gasteiger partial charge on any atom is 0.269 e. The van der Waals surface area contributed by atoms with Gasteiger partial charge in [-0.1, -0.05) is 12.1 Å². The van der Waals surface area contributed by atoms with E-state index in [-0.39, 0.29) is 5.69 Å². The normalized spacial score (nSPS) is 10.4. The van der Waals surface area contributed by atoms with Crippen molar-refractivity contribution in [3.63, 3.8) is 0 Å². The third kappa shape index (κ3) is 2.41. The number of hydrogen-bond acceptors (Lipinski definition) is 4. The van der Waals surface area contributed by atoms with Crippen LogP contribution in [-0.2, 0) is 6.54 Å². The van der Waals surface area contributed by atoms with Crippen molar-refractivity contribution in [2.45, 2.75) is 13.5 Å². The number of nitrogens with two attached hydrogens (primary N) is 1. The molecule has 88 valence electrons. The monoisotopic (exact) mass is 232 g/mol. The molecule has 0 aliphatic heterocycles. The number of hydrogen-bond donors (Lipinski definition) is 1. The molecule has 0 aliphatic carbocycles. The third-order valence-corrected chi connectivity index (χ3v) is 2.41. The van der Waals surface area contributed by atoms with Gasteiger partial charge in [-0.2, -0.15) is 5.10 Å². The molecule has 0 aliphatic rings. The van der Waals surface area contributed by atoms with Crippen LogP contribution in [-0.4, -0.2) is 14.7 Å². The Morgan fingerprint density at radius 2 is 2.06 bits per heavy atom. The van der Waals surface area contributed by atoms with Crippen LogP contribution in [0.2, 0.25) is 0 Å². The zero-order chi connectivity index (χ0) is 12.4. The molecule has 2 N–H and O–H groups in total. The van der Waals surface area contributed by atoms with Crippen molar-refractivity contribution in [1.29, 1.82) is 0 Å². The van der Waals surface area contributed by atoms with Crippen molar-refractivity contribution in [3.8, 4) is 0 Å². The number of rotatable bonds is 3. The molecule has 0 radical (unpaired) electrons. The quantitative estimate of drug-likeness (QED) is 0.644. The first-order valence-corrected chi connectivity index (χ1v) is 5.09. The summed E-state index contributed by atoms with van der Waals surface area (Å²) in [5, 5.41) is 14.7. The number of benzene rings is 1.